The maximum Gasteiger partial charge on any atom is 0.0468 e. The highest BCUT2D eigenvalue weighted by Gasteiger charge is 2.34. The molecule has 244 valence electrons. The zero-order chi connectivity index (χ0) is 34.1. The van der Waals surface area contributed by atoms with Crippen molar-refractivity contribution in [2.45, 2.75) is 9.79 Å². The predicted octanol–water partition coefficient (Wildman–Crippen LogP) is 14.5. The summed E-state index contributed by atoms with van der Waals surface area (Å²) in [5.74, 6) is 0. The molecule has 0 unspecified atom stereocenters. The maximum absolute atomic E-state index is 2.47. The number of fused-ring (bicyclic) bond motifs is 8. The van der Waals surface area contributed by atoms with Crippen molar-refractivity contribution in [2.24, 2.45) is 0 Å². The third kappa shape index (κ3) is 4.92. The molecule has 51 heavy (non-hydrogen) atoms. The van der Waals surface area contributed by atoms with E-state index in [2.05, 4.69) is 193 Å². The van der Waals surface area contributed by atoms with Gasteiger partial charge in [0.25, 0.3) is 0 Å². The van der Waals surface area contributed by atoms with E-state index in [1.807, 2.05) is 11.3 Å². The van der Waals surface area contributed by atoms with Crippen LogP contribution in [0.5, 0.6) is 0 Å². The molecule has 0 aliphatic carbocycles. The van der Waals surface area contributed by atoms with Gasteiger partial charge in [0.1, 0.15) is 0 Å². The zero-order valence-electron chi connectivity index (χ0n) is 28.5. The third-order valence-electron chi connectivity index (χ3n) is 10.5. The van der Waals surface area contributed by atoms with Crippen molar-refractivity contribution in [3.05, 3.63) is 176 Å². The zero-order valence-corrected chi connectivity index (χ0v) is 30.1. The van der Waals surface area contributed by atoms with Gasteiger partial charge >= 0.3 is 0 Å². The van der Waals surface area contributed by atoms with Gasteiger partial charge in [-0.3, -0.25) is 0 Å². The summed E-state index contributed by atoms with van der Waals surface area (Å²) >= 11 is 1.94. The number of hydrogen-bond donors (Lipinski definition) is 0. The molecule has 0 N–H and O–H groups in total. The largest absolute Gasteiger partial charge is 0.310 e. The highest BCUT2D eigenvalue weighted by molar-refractivity contribution is 8.33. The lowest BCUT2D eigenvalue weighted by Gasteiger charge is -2.30. The number of anilines is 3. The van der Waals surface area contributed by atoms with Crippen LogP contribution in [0.4, 0.5) is 17.1 Å². The molecule has 0 amide bonds. The first-order valence-corrected chi connectivity index (χ1v) is 20.7. The summed E-state index contributed by atoms with van der Waals surface area (Å²) in [6.45, 7) is 0. The van der Waals surface area contributed by atoms with Crippen molar-refractivity contribution >= 4 is 69.4 Å². The summed E-state index contributed by atoms with van der Waals surface area (Å²) < 4.78 is 2.76. The van der Waals surface area contributed by atoms with Crippen molar-refractivity contribution in [3.8, 4) is 33.4 Å². The smallest absolute Gasteiger partial charge is 0.0468 e. The monoisotopic (exact) mass is 689 g/mol. The Hall–Kier alpha value is -5.61. The SMILES string of the molecule is CS1(C)c2ccc(N(c3ccc(-c4ccccc4)cc3)c3cccc(-c4ccc5ccccc5c4)c3)cc2-c2c1ccc1c2sc2ccccc21. The highest BCUT2D eigenvalue weighted by atomic mass is 32.3. The molecule has 0 radical (unpaired) electrons. The Morgan fingerprint density at radius 3 is 1.94 bits per heavy atom. The maximum atomic E-state index is 2.47. The molecule has 1 nitrogen and oxygen atoms in total. The van der Waals surface area contributed by atoms with Gasteiger partial charge < -0.3 is 4.90 Å². The lowest BCUT2D eigenvalue weighted by atomic mass is 9.99. The van der Waals surface area contributed by atoms with Crippen molar-refractivity contribution in [1.82, 2.24) is 0 Å². The van der Waals surface area contributed by atoms with Crippen molar-refractivity contribution in [3.63, 3.8) is 0 Å². The normalized spacial score (nSPS) is 13.7. The molecule has 8 aromatic carbocycles. The summed E-state index contributed by atoms with van der Waals surface area (Å²) in [6, 6.07) is 64.9. The predicted molar refractivity (Wildman–Crippen MR) is 224 cm³/mol. The summed E-state index contributed by atoms with van der Waals surface area (Å²) in [4.78, 5) is 5.40. The Balaban J connectivity index is 1.16. The van der Waals surface area contributed by atoms with E-state index < -0.39 is 10.0 Å². The van der Waals surface area contributed by atoms with Crippen molar-refractivity contribution < 1.29 is 0 Å². The minimum absolute atomic E-state index is 1.13. The van der Waals surface area contributed by atoms with Gasteiger partial charge in [-0.15, -0.1) is 11.3 Å². The molecule has 0 saturated heterocycles. The van der Waals surface area contributed by atoms with Crippen molar-refractivity contribution in [2.75, 3.05) is 17.4 Å². The minimum atomic E-state index is -1.17. The first kappa shape index (κ1) is 30.2. The number of rotatable bonds is 5. The van der Waals surface area contributed by atoms with Crippen LogP contribution in [0.1, 0.15) is 0 Å². The number of hydrogen-bond acceptors (Lipinski definition) is 2. The number of nitrogens with zero attached hydrogens (tertiary/aromatic N) is 1. The van der Waals surface area contributed by atoms with Gasteiger partial charge in [0, 0.05) is 52.6 Å². The van der Waals surface area contributed by atoms with E-state index in [0.717, 1.165) is 17.1 Å². The van der Waals surface area contributed by atoms with Crippen LogP contribution in [0.25, 0.3) is 64.3 Å². The first-order chi connectivity index (χ1) is 25.0. The first-order valence-electron chi connectivity index (χ1n) is 17.4. The molecule has 9 aromatic rings. The summed E-state index contributed by atoms with van der Waals surface area (Å²) in [5.41, 5.74) is 11.1. The highest BCUT2D eigenvalue weighted by Crippen LogP contribution is 2.69. The van der Waals surface area contributed by atoms with Gasteiger partial charge in [-0.05, 0) is 112 Å². The third-order valence-corrected chi connectivity index (χ3v) is 14.6. The number of thiophene rings is 1. The molecule has 0 atom stereocenters. The van der Waals surface area contributed by atoms with Crippen LogP contribution in [0, 0.1) is 0 Å². The Bertz CT molecular complexity index is 2780. The standard InChI is InChI=1S/C48H35NS2/c1-51(2)45-27-25-40(31-43(45)47-46(51)28-26-42-41-17-8-9-18-44(41)50-48(42)47)49(38-23-21-34(22-24-38)32-11-4-3-5-12-32)39-16-10-15-36(30-39)37-20-19-33-13-6-7-14-35(33)29-37/h3-31H,1-2H3. The quantitative estimate of drug-likeness (QED) is 0.174. The van der Waals surface area contributed by atoms with E-state index in [0.29, 0.717) is 0 Å². The molecule has 0 bridgehead atoms. The van der Waals surface area contributed by atoms with Crippen LogP contribution < -0.4 is 4.90 Å². The van der Waals surface area contributed by atoms with E-state index in [1.165, 1.54) is 74.1 Å². The Kier molecular flexibility index (Phi) is 6.96. The van der Waals surface area contributed by atoms with E-state index in [-0.39, 0.29) is 0 Å². The molecule has 3 heteroatoms. The molecule has 1 aliphatic rings. The topological polar surface area (TPSA) is 3.24 Å². The Labute approximate surface area is 304 Å². The lowest BCUT2D eigenvalue weighted by Crippen LogP contribution is -2.10. The number of benzene rings is 8. The van der Waals surface area contributed by atoms with Gasteiger partial charge in [0.15, 0.2) is 0 Å². The molecular formula is C48H35NS2. The average Bonchev–Trinajstić information content (AvgIpc) is 3.67. The molecule has 2 heterocycles. The fourth-order valence-electron chi connectivity index (χ4n) is 7.94. The van der Waals surface area contributed by atoms with Gasteiger partial charge in [-0.2, -0.15) is 10.0 Å². The van der Waals surface area contributed by atoms with Gasteiger partial charge in [0.2, 0.25) is 0 Å². The second-order valence-electron chi connectivity index (χ2n) is 13.8. The molecular weight excluding hydrogens is 655 g/mol. The second kappa shape index (κ2) is 11.7. The Morgan fingerprint density at radius 2 is 1.08 bits per heavy atom. The van der Waals surface area contributed by atoms with E-state index >= 15 is 0 Å². The van der Waals surface area contributed by atoms with E-state index in [4.69, 9.17) is 0 Å². The van der Waals surface area contributed by atoms with Crippen LogP contribution in [-0.2, 0) is 0 Å². The molecule has 0 fully saturated rings. The van der Waals surface area contributed by atoms with Crippen LogP contribution in [-0.4, -0.2) is 12.5 Å². The van der Waals surface area contributed by atoms with Crippen LogP contribution in [0.3, 0.4) is 0 Å². The second-order valence-corrected chi connectivity index (χ2v) is 18.4. The molecule has 10 rings (SSSR count). The molecule has 1 aromatic heterocycles. The summed E-state index contributed by atoms with van der Waals surface area (Å²) in [7, 11) is -1.17. The molecule has 1 aliphatic heterocycles. The lowest BCUT2D eigenvalue weighted by molar-refractivity contribution is 1.27. The van der Waals surface area contributed by atoms with E-state index in [1.54, 1.807) is 0 Å². The van der Waals surface area contributed by atoms with Gasteiger partial charge in [0.05, 0.1) is 0 Å². The Morgan fingerprint density at radius 1 is 0.431 bits per heavy atom. The molecule has 0 saturated carbocycles. The van der Waals surface area contributed by atoms with Crippen LogP contribution in [0.15, 0.2) is 186 Å². The average molecular weight is 690 g/mol. The summed E-state index contributed by atoms with van der Waals surface area (Å²) in [6.07, 6.45) is 4.92. The van der Waals surface area contributed by atoms with Crippen molar-refractivity contribution in [1.29, 1.82) is 0 Å². The fraction of sp³-hybridized carbons (Fsp3) is 0.0417. The molecule has 0 spiro atoms. The summed E-state index contributed by atoms with van der Waals surface area (Å²) in [5, 5.41) is 5.22. The fourth-order valence-corrected chi connectivity index (χ4v) is 11.8. The van der Waals surface area contributed by atoms with Gasteiger partial charge in [-0.25, -0.2) is 0 Å². The minimum Gasteiger partial charge on any atom is -0.310 e. The van der Waals surface area contributed by atoms with Gasteiger partial charge in [-0.1, -0.05) is 115 Å². The van der Waals surface area contributed by atoms with Crippen LogP contribution in [0.2, 0.25) is 0 Å². The van der Waals surface area contributed by atoms with E-state index in [9.17, 15) is 0 Å². The van der Waals surface area contributed by atoms with Crippen LogP contribution >= 0.6 is 21.4 Å².